The number of hydrogen-bond acceptors (Lipinski definition) is 9. The summed E-state index contributed by atoms with van der Waals surface area (Å²) in [7, 11) is 0. The number of carboxylic acid groups (broad SMARTS) is 2. The number of carbonyl (C=O) groups excluding carboxylic acids is 1. The van der Waals surface area contributed by atoms with Gasteiger partial charge in [0.25, 0.3) is 0 Å². The van der Waals surface area contributed by atoms with Crippen molar-refractivity contribution in [2.75, 3.05) is 26.7 Å². The summed E-state index contributed by atoms with van der Waals surface area (Å²) >= 11 is 0. The van der Waals surface area contributed by atoms with Gasteiger partial charge in [-0.3, -0.25) is 9.59 Å². The van der Waals surface area contributed by atoms with Crippen molar-refractivity contribution in [3.05, 3.63) is 89.5 Å². The zero-order valence-electron chi connectivity index (χ0n) is 31.9. The molecule has 12 nitrogen and oxygen atoms in total. The lowest BCUT2D eigenvalue weighted by Gasteiger charge is -2.26. The molecule has 2 aliphatic rings. The molecule has 12 heteroatoms. The number of benzene rings is 4. The second-order valence-corrected chi connectivity index (χ2v) is 14.6. The molecule has 4 aromatic rings. The molecule has 0 aromatic heterocycles. The molecule has 0 saturated heterocycles. The molecule has 56 heavy (non-hydrogen) atoms. The van der Waals surface area contributed by atoms with Crippen molar-refractivity contribution in [3.63, 3.8) is 0 Å². The molecule has 2 heterocycles. The van der Waals surface area contributed by atoms with Gasteiger partial charge < -0.3 is 44.0 Å². The largest absolute Gasteiger partial charge is 0.493 e. The third-order valence-electron chi connectivity index (χ3n) is 9.66. The van der Waals surface area contributed by atoms with Gasteiger partial charge in [-0.2, -0.15) is 0 Å². The van der Waals surface area contributed by atoms with Gasteiger partial charge in [-0.05, 0) is 121 Å². The van der Waals surface area contributed by atoms with Crippen molar-refractivity contribution in [1.29, 1.82) is 0 Å². The van der Waals surface area contributed by atoms with Gasteiger partial charge in [0.1, 0.15) is 11.4 Å². The minimum absolute atomic E-state index is 0.0118. The van der Waals surface area contributed by atoms with Gasteiger partial charge in [0.05, 0.1) is 6.61 Å². The minimum Gasteiger partial charge on any atom is -0.493 e. The first-order valence-electron chi connectivity index (χ1n) is 19.1. The van der Waals surface area contributed by atoms with Crippen LogP contribution in [0.15, 0.2) is 72.8 Å². The van der Waals surface area contributed by atoms with Crippen molar-refractivity contribution in [2.45, 2.75) is 83.7 Å². The second-order valence-electron chi connectivity index (χ2n) is 14.6. The summed E-state index contributed by atoms with van der Waals surface area (Å²) in [5.41, 5.74) is 6.00. The SMILES string of the molecule is CC(C)(Cc1cc(-c2ccc3c(c2)OCO3)cc(-c2ccc3c(c2)OCO3)c1)OC(=O)NCCCCCCc1cccc(OCCCC(=O)O)c1CCC(=O)O. The van der Waals surface area contributed by atoms with Crippen LogP contribution in [0.1, 0.15) is 75.5 Å². The summed E-state index contributed by atoms with van der Waals surface area (Å²) in [4.78, 5) is 35.1. The van der Waals surface area contributed by atoms with E-state index in [0.717, 1.165) is 71.0 Å². The number of unbranched alkanes of at least 4 members (excludes halogenated alkanes) is 3. The van der Waals surface area contributed by atoms with Crippen LogP contribution >= 0.6 is 0 Å². The summed E-state index contributed by atoms with van der Waals surface area (Å²) in [6.45, 7) is 4.92. The highest BCUT2D eigenvalue weighted by molar-refractivity contribution is 5.77. The number of aryl methyl sites for hydroxylation is 1. The Hall–Kier alpha value is -5.91. The Bertz CT molecular complexity index is 1950. The number of ether oxygens (including phenoxy) is 6. The number of nitrogens with one attached hydrogen (secondary N) is 1. The molecule has 0 atom stereocenters. The Kier molecular flexibility index (Phi) is 13.2. The van der Waals surface area contributed by atoms with E-state index in [2.05, 4.69) is 23.5 Å². The third kappa shape index (κ3) is 11.1. The lowest BCUT2D eigenvalue weighted by Crippen LogP contribution is -2.36. The van der Waals surface area contributed by atoms with Gasteiger partial charge in [-0.1, -0.05) is 49.2 Å². The highest BCUT2D eigenvalue weighted by Gasteiger charge is 2.25. The van der Waals surface area contributed by atoms with Crippen molar-refractivity contribution in [3.8, 4) is 51.0 Å². The van der Waals surface area contributed by atoms with E-state index in [-0.39, 0.29) is 33.0 Å². The molecule has 296 valence electrons. The van der Waals surface area contributed by atoms with E-state index in [1.165, 1.54) is 0 Å². The van der Waals surface area contributed by atoms with Crippen LogP contribution in [0.4, 0.5) is 4.79 Å². The fourth-order valence-electron chi connectivity index (χ4n) is 6.98. The molecule has 0 bridgehead atoms. The topological polar surface area (TPSA) is 159 Å². The molecule has 0 aliphatic carbocycles. The maximum Gasteiger partial charge on any atom is 0.407 e. The molecule has 1 amide bonds. The van der Waals surface area contributed by atoms with Crippen LogP contribution in [0.25, 0.3) is 22.3 Å². The quantitative estimate of drug-likeness (QED) is 0.0740. The van der Waals surface area contributed by atoms with Crippen LogP contribution in [-0.2, 0) is 33.6 Å². The van der Waals surface area contributed by atoms with E-state index in [0.29, 0.717) is 54.6 Å². The van der Waals surface area contributed by atoms with Crippen LogP contribution in [0.2, 0.25) is 0 Å². The number of rotatable bonds is 20. The minimum atomic E-state index is -0.885. The fourth-order valence-corrected chi connectivity index (χ4v) is 6.98. The van der Waals surface area contributed by atoms with Crippen LogP contribution in [0, 0.1) is 0 Å². The van der Waals surface area contributed by atoms with Crippen molar-refractivity contribution in [2.24, 2.45) is 0 Å². The normalized spacial score (nSPS) is 12.7. The van der Waals surface area contributed by atoms with Gasteiger partial charge in [0, 0.05) is 25.8 Å². The number of aliphatic carboxylic acids is 2. The third-order valence-corrected chi connectivity index (χ3v) is 9.66. The lowest BCUT2D eigenvalue weighted by molar-refractivity contribution is -0.138. The number of amides is 1. The summed E-state index contributed by atoms with van der Waals surface area (Å²) in [6, 6.07) is 23.8. The number of hydrogen-bond donors (Lipinski definition) is 3. The van der Waals surface area contributed by atoms with Gasteiger partial charge in [-0.25, -0.2) is 4.79 Å². The van der Waals surface area contributed by atoms with Crippen molar-refractivity contribution >= 4 is 18.0 Å². The van der Waals surface area contributed by atoms with Crippen LogP contribution in [0.3, 0.4) is 0 Å². The van der Waals surface area contributed by atoms with E-state index in [4.69, 9.17) is 33.5 Å². The van der Waals surface area contributed by atoms with Gasteiger partial charge in [0.15, 0.2) is 23.0 Å². The van der Waals surface area contributed by atoms with E-state index in [1.54, 1.807) is 0 Å². The number of fused-ring (bicyclic) bond motifs is 2. The fraction of sp³-hybridized carbons (Fsp3) is 0.386. The standard InChI is InChI=1S/C44H49NO11/c1-44(2,56-43(50)45-19-6-4-3-5-9-30-10-7-11-36(35(30)15-18-42(48)49)51-20-8-12-41(46)47)26-29-21-33(31-13-16-37-39(24-31)54-27-52-37)23-34(22-29)32-14-17-38-40(25-32)55-28-53-38/h7,10-11,13-14,16-17,21-25H,3-6,8-9,12,15,18-20,26-28H2,1-2H3,(H,45,50)(H,46,47)(H,48,49). The molecule has 0 fully saturated rings. The molecular weight excluding hydrogens is 718 g/mol. The average molecular weight is 768 g/mol. The summed E-state index contributed by atoms with van der Waals surface area (Å²) in [5.74, 6) is 1.67. The highest BCUT2D eigenvalue weighted by atomic mass is 16.7. The maximum absolute atomic E-state index is 13.0. The predicted molar refractivity (Wildman–Crippen MR) is 209 cm³/mol. The molecule has 3 N–H and O–H groups in total. The van der Waals surface area contributed by atoms with Crippen LogP contribution in [0.5, 0.6) is 28.7 Å². The molecule has 0 spiro atoms. The Labute approximate surface area is 326 Å². The summed E-state index contributed by atoms with van der Waals surface area (Å²) in [6.07, 6.45) is 4.97. The zero-order valence-corrected chi connectivity index (χ0v) is 31.9. The summed E-state index contributed by atoms with van der Waals surface area (Å²) < 4.78 is 34.2. The van der Waals surface area contributed by atoms with Crippen LogP contribution < -0.4 is 29.0 Å². The van der Waals surface area contributed by atoms with E-state index < -0.39 is 23.6 Å². The lowest BCUT2D eigenvalue weighted by atomic mass is 9.91. The zero-order chi connectivity index (χ0) is 39.5. The molecule has 0 unspecified atom stereocenters. The van der Waals surface area contributed by atoms with Gasteiger partial charge in [0.2, 0.25) is 13.6 Å². The molecular formula is C44H49NO11. The average Bonchev–Trinajstić information content (AvgIpc) is 3.84. The first kappa shape index (κ1) is 39.8. The molecule has 6 rings (SSSR count). The smallest absolute Gasteiger partial charge is 0.407 e. The molecule has 4 aromatic carbocycles. The van der Waals surface area contributed by atoms with E-state index in [1.807, 2.05) is 68.4 Å². The Morgan fingerprint density at radius 2 is 1.30 bits per heavy atom. The van der Waals surface area contributed by atoms with Crippen molar-refractivity contribution < 1.29 is 53.0 Å². The monoisotopic (exact) mass is 767 g/mol. The molecule has 2 aliphatic heterocycles. The van der Waals surface area contributed by atoms with Crippen LogP contribution in [-0.4, -0.2) is 60.6 Å². The first-order valence-corrected chi connectivity index (χ1v) is 19.1. The highest BCUT2D eigenvalue weighted by Crippen LogP contribution is 2.40. The molecule has 0 saturated carbocycles. The number of carbonyl (C=O) groups is 3. The Balaban J connectivity index is 1.00. The van der Waals surface area contributed by atoms with E-state index >= 15 is 0 Å². The van der Waals surface area contributed by atoms with Crippen molar-refractivity contribution in [1.82, 2.24) is 5.32 Å². The van der Waals surface area contributed by atoms with Gasteiger partial charge >= 0.3 is 18.0 Å². The predicted octanol–water partition coefficient (Wildman–Crippen LogP) is 8.59. The summed E-state index contributed by atoms with van der Waals surface area (Å²) in [5, 5.41) is 21.1. The first-order chi connectivity index (χ1) is 27.0. The second kappa shape index (κ2) is 18.6. The Morgan fingerprint density at radius 3 is 1.95 bits per heavy atom. The molecule has 0 radical (unpaired) electrons. The number of alkyl carbamates (subject to hydrolysis) is 1. The Morgan fingerprint density at radius 1 is 0.679 bits per heavy atom. The van der Waals surface area contributed by atoms with Gasteiger partial charge in [-0.15, -0.1) is 0 Å². The van der Waals surface area contributed by atoms with E-state index in [9.17, 15) is 19.5 Å². The maximum atomic E-state index is 13.0. The number of carboxylic acids is 2.